The van der Waals surface area contributed by atoms with Gasteiger partial charge in [0.2, 0.25) is 5.91 Å². The SMILES string of the molecule is CC(C)[C@H](NC(=O)c1ccc(F)cc1)C(=O)NNC(=O)CC12CC3CC(CC(C3)C1)C2. The summed E-state index contributed by atoms with van der Waals surface area (Å²) >= 11 is 0. The number of hydrazine groups is 1. The molecule has 0 aromatic heterocycles. The molecule has 168 valence electrons. The molecule has 1 aromatic carbocycles. The van der Waals surface area contributed by atoms with Crippen molar-refractivity contribution in [1.82, 2.24) is 16.2 Å². The Kier molecular flexibility index (Phi) is 6.04. The first-order valence-electron chi connectivity index (χ1n) is 11.4. The standard InChI is InChI=1S/C24H32FN3O3/c1-14(2)21(26-22(30)18-3-5-19(25)6-4-18)23(31)28-27-20(29)13-24-10-15-7-16(11-24)9-17(8-15)12-24/h3-6,14-17,21H,7-13H2,1-2H3,(H,26,30)(H,27,29)(H,28,31)/t15?,16?,17?,21-,24?/m0/s1. The fraction of sp³-hybridized carbons (Fsp3) is 0.625. The second-order valence-electron chi connectivity index (χ2n) is 10.3. The maximum absolute atomic E-state index is 13.1. The molecule has 3 N–H and O–H groups in total. The first kappa shape index (κ1) is 21.8. The maximum atomic E-state index is 13.1. The number of hydrogen-bond donors (Lipinski definition) is 3. The molecule has 0 unspecified atom stereocenters. The molecular weight excluding hydrogens is 397 g/mol. The van der Waals surface area contributed by atoms with Gasteiger partial charge in [-0.2, -0.15) is 0 Å². The van der Waals surface area contributed by atoms with Gasteiger partial charge in [-0.1, -0.05) is 13.8 Å². The average Bonchev–Trinajstić information content (AvgIpc) is 2.69. The van der Waals surface area contributed by atoms with E-state index in [0.29, 0.717) is 6.42 Å². The van der Waals surface area contributed by atoms with Gasteiger partial charge >= 0.3 is 0 Å². The Bertz CT molecular complexity index is 817. The van der Waals surface area contributed by atoms with Gasteiger partial charge in [0, 0.05) is 12.0 Å². The lowest BCUT2D eigenvalue weighted by atomic mass is 9.49. The van der Waals surface area contributed by atoms with Crippen LogP contribution in [0.5, 0.6) is 0 Å². The monoisotopic (exact) mass is 429 g/mol. The Morgan fingerprint density at radius 1 is 0.968 bits per heavy atom. The van der Waals surface area contributed by atoms with Gasteiger partial charge in [0.25, 0.3) is 11.8 Å². The van der Waals surface area contributed by atoms with Crippen molar-refractivity contribution in [2.75, 3.05) is 0 Å². The number of hydrogen-bond acceptors (Lipinski definition) is 3. The topological polar surface area (TPSA) is 87.3 Å². The molecule has 7 heteroatoms. The normalized spacial score (nSPS) is 29.5. The minimum Gasteiger partial charge on any atom is -0.340 e. The molecular formula is C24H32FN3O3. The Balaban J connectivity index is 1.30. The number of halogens is 1. The molecule has 4 aliphatic rings. The largest absolute Gasteiger partial charge is 0.340 e. The quantitative estimate of drug-likeness (QED) is 0.606. The Morgan fingerprint density at radius 3 is 2.03 bits per heavy atom. The van der Waals surface area contributed by atoms with Crippen molar-refractivity contribution in [1.29, 1.82) is 0 Å². The number of carbonyl (C=O) groups is 3. The minimum atomic E-state index is -0.822. The summed E-state index contributed by atoms with van der Waals surface area (Å²) in [4.78, 5) is 37.8. The van der Waals surface area contributed by atoms with Crippen LogP contribution < -0.4 is 16.2 Å². The third-order valence-corrected chi connectivity index (χ3v) is 7.37. The lowest BCUT2D eigenvalue weighted by Gasteiger charge is -2.56. The number of carbonyl (C=O) groups excluding carboxylic acids is 3. The fourth-order valence-electron chi connectivity index (χ4n) is 6.46. The van der Waals surface area contributed by atoms with Crippen molar-refractivity contribution in [3.8, 4) is 0 Å². The van der Waals surface area contributed by atoms with E-state index in [0.717, 1.165) is 37.0 Å². The van der Waals surface area contributed by atoms with Crippen molar-refractivity contribution in [2.45, 2.75) is 64.8 Å². The van der Waals surface area contributed by atoms with Gasteiger partial charge in [0.05, 0.1) is 0 Å². The minimum absolute atomic E-state index is 0.0950. The molecule has 4 saturated carbocycles. The van der Waals surface area contributed by atoms with Crippen LogP contribution in [0.25, 0.3) is 0 Å². The molecule has 0 saturated heterocycles. The van der Waals surface area contributed by atoms with E-state index < -0.39 is 23.7 Å². The Labute approximate surface area is 182 Å². The van der Waals surface area contributed by atoms with Crippen molar-refractivity contribution < 1.29 is 18.8 Å². The molecule has 1 atom stereocenters. The summed E-state index contributed by atoms with van der Waals surface area (Å²) in [7, 11) is 0. The van der Waals surface area contributed by atoms with Crippen molar-refractivity contribution >= 4 is 17.7 Å². The zero-order valence-electron chi connectivity index (χ0n) is 18.2. The first-order chi connectivity index (χ1) is 14.7. The summed E-state index contributed by atoms with van der Waals surface area (Å²) in [6.45, 7) is 3.62. The number of benzene rings is 1. The predicted octanol–water partition coefficient (Wildman–Crippen LogP) is 3.33. The lowest BCUT2D eigenvalue weighted by Crippen LogP contribution is -2.55. The van der Waals surface area contributed by atoms with Gasteiger partial charge < -0.3 is 5.32 Å². The van der Waals surface area contributed by atoms with Crippen LogP contribution in [-0.4, -0.2) is 23.8 Å². The second kappa shape index (κ2) is 8.60. The number of amides is 3. The van der Waals surface area contributed by atoms with Crippen LogP contribution in [0, 0.1) is 34.9 Å². The molecule has 31 heavy (non-hydrogen) atoms. The molecule has 0 aliphatic heterocycles. The van der Waals surface area contributed by atoms with Crippen LogP contribution in [0.15, 0.2) is 24.3 Å². The number of rotatable bonds is 6. The lowest BCUT2D eigenvalue weighted by molar-refractivity contribution is -0.135. The summed E-state index contributed by atoms with van der Waals surface area (Å²) in [6.07, 6.45) is 7.80. The highest BCUT2D eigenvalue weighted by Gasteiger charge is 2.51. The van der Waals surface area contributed by atoms with E-state index in [1.807, 2.05) is 13.8 Å². The molecule has 0 heterocycles. The second-order valence-corrected chi connectivity index (χ2v) is 10.3. The van der Waals surface area contributed by atoms with E-state index in [1.165, 1.54) is 43.5 Å². The summed E-state index contributed by atoms with van der Waals surface area (Å²) in [5.41, 5.74) is 5.44. The molecule has 4 aliphatic carbocycles. The van der Waals surface area contributed by atoms with Crippen LogP contribution in [0.3, 0.4) is 0 Å². The van der Waals surface area contributed by atoms with Crippen LogP contribution >= 0.6 is 0 Å². The van der Waals surface area contributed by atoms with Crippen molar-refractivity contribution in [2.24, 2.45) is 29.1 Å². The summed E-state index contributed by atoms with van der Waals surface area (Å²) < 4.78 is 13.1. The smallest absolute Gasteiger partial charge is 0.261 e. The molecule has 4 bridgehead atoms. The van der Waals surface area contributed by atoms with Gasteiger partial charge in [0.1, 0.15) is 11.9 Å². The van der Waals surface area contributed by atoms with E-state index in [4.69, 9.17) is 0 Å². The van der Waals surface area contributed by atoms with Gasteiger partial charge in [0.15, 0.2) is 0 Å². The third kappa shape index (κ3) is 4.91. The van der Waals surface area contributed by atoms with E-state index >= 15 is 0 Å². The average molecular weight is 430 g/mol. The highest BCUT2D eigenvalue weighted by Crippen LogP contribution is 2.61. The van der Waals surface area contributed by atoms with Gasteiger partial charge in [-0.25, -0.2) is 4.39 Å². The fourth-order valence-corrected chi connectivity index (χ4v) is 6.46. The van der Waals surface area contributed by atoms with E-state index in [1.54, 1.807) is 0 Å². The van der Waals surface area contributed by atoms with E-state index in [9.17, 15) is 18.8 Å². The first-order valence-corrected chi connectivity index (χ1v) is 11.4. The van der Waals surface area contributed by atoms with Crippen LogP contribution in [-0.2, 0) is 9.59 Å². The van der Waals surface area contributed by atoms with Gasteiger partial charge in [-0.15, -0.1) is 0 Å². The highest BCUT2D eigenvalue weighted by molar-refractivity contribution is 5.97. The van der Waals surface area contributed by atoms with Gasteiger partial charge in [-0.05, 0) is 91.9 Å². The van der Waals surface area contributed by atoms with Crippen LogP contribution in [0.2, 0.25) is 0 Å². The molecule has 3 amide bonds. The number of nitrogens with one attached hydrogen (secondary N) is 3. The summed E-state index contributed by atoms with van der Waals surface area (Å²) in [5.74, 6) is 0.573. The predicted molar refractivity (Wildman–Crippen MR) is 114 cm³/mol. The highest BCUT2D eigenvalue weighted by atomic mass is 19.1. The van der Waals surface area contributed by atoms with Gasteiger partial charge in [-0.3, -0.25) is 25.2 Å². The van der Waals surface area contributed by atoms with Crippen molar-refractivity contribution in [3.63, 3.8) is 0 Å². The summed E-state index contributed by atoms with van der Waals surface area (Å²) in [6, 6.07) is 4.31. The molecule has 1 aromatic rings. The van der Waals surface area contributed by atoms with Crippen molar-refractivity contribution in [3.05, 3.63) is 35.6 Å². The molecule has 6 nitrogen and oxygen atoms in total. The summed E-state index contributed by atoms with van der Waals surface area (Å²) in [5, 5.41) is 2.68. The molecule has 0 radical (unpaired) electrons. The van der Waals surface area contributed by atoms with E-state index in [2.05, 4.69) is 16.2 Å². The zero-order chi connectivity index (χ0) is 22.2. The van der Waals surface area contributed by atoms with Crippen LogP contribution in [0.4, 0.5) is 4.39 Å². The van der Waals surface area contributed by atoms with E-state index in [-0.39, 0.29) is 22.8 Å². The molecule has 4 fully saturated rings. The molecule has 0 spiro atoms. The maximum Gasteiger partial charge on any atom is 0.261 e. The van der Waals surface area contributed by atoms with Crippen LogP contribution in [0.1, 0.15) is 69.2 Å². The third-order valence-electron chi connectivity index (χ3n) is 7.37. The molecule has 5 rings (SSSR count). The Morgan fingerprint density at radius 2 is 1.52 bits per heavy atom. The zero-order valence-corrected chi connectivity index (χ0v) is 18.2. The Hall–Kier alpha value is -2.44.